The van der Waals surface area contributed by atoms with E-state index < -0.39 is 0 Å². The van der Waals surface area contributed by atoms with Crippen LogP contribution in [0, 0.1) is 0 Å². The predicted octanol–water partition coefficient (Wildman–Crippen LogP) is 2.56. The summed E-state index contributed by atoms with van der Waals surface area (Å²) in [6.07, 6.45) is 5.14. The van der Waals surface area contributed by atoms with Crippen molar-refractivity contribution in [1.82, 2.24) is 14.8 Å². The van der Waals surface area contributed by atoms with Crippen LogP contribution in [0.4, 0.5) is 11.4 Å². The molecule has 2 heterocycles. The number of nitrogens with zero attached hydrogens (tertiary/aromatic N) is 3. The Morgan fingerprint density at radius 3 is 2.85 bits per heavy atom. The Bertz CT molecular complexity index is 805. The zero-order chi connectivity index (χ0) is 13.9. The number of rotatable bonds is 3. The highest BCUT2D eigenvalue weighted by Gasteiger charge is 2.06. The lowest BCUT2D eigenvalue weighted by molar-refractivity contribution is 0.617. The second kappa shape index (κ2) is 5.13. The van der Waals surface area contributed by atoms with Gasteiger partial charge in [-0.15, -0.1) is 0 Å². The Morgan fingerprint density at radius 1 is 1.15 bits per heavy atom. The molecule has 0 unspecified atom stereocenters. The van der Waals surface area contributed by atoms with Crippen molar-refractivity contribution in [3.63, 3.8) is 0 Å². The van der Waals surface area contributed by atoms with Crippen molar-refractivity contribution >= 4 is 22.1 Å². The van der Waals surface area contributed by atoms with Crippen LogP contribution in [0.25, 0.3) is 10.8 Å². The zero-order valence-corrected chi connectivity index (χ0v) is 11.1. The van der Waals surface area contributed by atoms with E-state index >= 15 is 0 Å². The van der Waals surface area contributed by atoms with Crippen LogP contribution in [-0.4, -0.2) is 14.8 Å². The molecule has 20 heavy (non-hydrogen) atoms. The molecule has 0 saturated heterocycles. The second-order valence-electron chi connectivity index (χ2n) is 4.40. The minimum Gasteiger partial charge on any atom is -0.349 e. The third kappa shape index (κ3) is 2.14. The van der Waals surface area contributed by atoms with E-state index in [4.69, 9.17) is 0 Å². The quantitative estimate of drug-likeness (QED) is 0.791. The molecule has 0 aliphatic carbocycles. The van der Waals surface area contributed by atoms with Crippen LogP contribution in [0.3, 0.4) is 0 Å². The lowest BCUT2D eigenvalue weighted by Crippen LogP contribution is -2.23. The Balaban J connectivity index is 2.08. The fourth-order valence-electron chi connectivity index (χ4n) is 2.13. The van der Waals surface area contributed by atoms with Gasteiger partial charge in [-0.3, -0.25) is 9.78 Å². The van der Waals surface area contributed by atoms with E-state index in [2.05, 4.69) is 15.4 Å². The summed E-state index contributed by atoms with van der Waals surface area (Å²) in [7, 11) is 0. The van der Waals surface area contributed by atoms with Gasteiger partial charge in [0.05, 0.1) is 11.9 Å². The van der Waals surface area contributed by atoms with Crippen molar-refractivity contribution in [3.8, 4) is 0 Å². The van der Waals surface area contributed by atoms with Gasteiger partial charge >= 0.3 is 0 Å². The summed E-state index contributed by atoms with van der Waals surface area (Å²) in [6.45, 7) is 2.43. The van der Waals surface area contributed by atoms with E-state index in [0.717, 1.165) is 16.5 Å². The zero-order valence-electron chi connectivity index (χ0n) is 11.1. The molecular formula is C15H14N4O. The van der Waals surface area contributed by atoms with Crippen molar-refractivity contribution in [2.45, 2.75) is 13.5 Å². The third-order valence-electron chi connectivity index (χ3n) is 3.15. The summed E-state index contributed by atoms with van der Waals surface area (Å²) in [4.78, 5) is 16.4. The molecule has 2 aromatic heterocycles. The SMILES string of the molecule is CCn1nccc(Nc2cncc3ccccc23)c1=O. The van der Waals surface area contributed by atoms with Crippen molar-refractivity contribution in [3.05, 3.63) is 59.3 Å². The van der Waals surface area contributed by atoms with Crippen LogP contribution in [0.5, 0.6) is 0 Å². The summed E-state index contributed by atoms with van der Waals surface area (Å²) in [6, 6.07) is 9.59. The number of aromatic nitrogens is 3. The molecule has 1 N–H and O–H groups in total. The van der Waals surface area contributed by atoms with Crippen molar-refractivity contribution < 1.29 is 0 Å². The lowest BCUT2D eigenvalue weighted by atomic mass is 10.1. The van der Waals surface area contributed by atoms with Crippen LogP contribution in [-0.2, 0) is 6.54 Å². The van der Waals surface area contributed by atoms with Gasteiger partial charge in [-0.2, -0.15) is 5.10 Å². The fraction of sp³-hybridized carbons (Fsp3) is 0.133. The van der Waals surface area contributed by atoms with Gasteiger partial charge in [0, 0.05) is 29.7 Å². The third-order valence-corrected chi connectivity index (χ3v) is 3.15. The van der Waals surface area contributed by atoms with E-state index in [9.17, 15) is 4.79 Å². The van der Waals surface area contributed by atoms with Gasteiger partial charge in [0.25, 0.3) is 5.56 Å². The highest BCUT2D eigenvalue weighted by Crippen LogP contribution is 2.23. The van der Waals surface area contributed by atoms with Crippen LogP contribution in [0.1, 0.15) is 6.92 Å². The fourth-order valence-corrected chi connectivity index (χ4v) is 2.13. The van der Waals surface area contributed by atoms with Gasteiger partial charge in [-0.25, -0.2) is 4.68 Å². The standard InChI is InChI=1S/C15H14N4O/c1-2-19-15(20)13(7-8-17-19)18-14-10-16-9-11-5-3-4-6-12(11)14/h3-10,18H,2H2,1H3. The van der Waals surface area contributed by atoms with Gasteiger partial charge in [0.15, 0.2) is 0 Å². The maximum absolute atomic E-state index is 12.2. The molecule has 3 aromatic rings. The molecule has 0 amide bonds. The summed E-state index contributed by atoms with van der Waals surface area (Å²) < 4.78 is 1.42. The predicted molar refractivity (Wildman–Crippen MR) is 79.2 cm³/mol. The van der Waals surface area contributed by atoms with Gasteiger partial charge in [-0.05, 0) is 13.0 Å². The van der Waals surface area contributed by atoms with Crippen molar-refractivity contribution in [2.75, 3.05) is 5.32 Å². The Morgan fingerprint density at radius 2 is 2.00 bits per heavy atom. The Labute approximate surface area is 115 Å². The average Bonchev–Trinajstić information content (AvgIpc) is 2.50. The molecule has 3 rings (SSSR count). The number of fused-ring (bicyclic) bond motifs is 1. The highest BCUT2D eigenvalue weighted by atomic mass is 16.1. The number of nitrogens with one attached hydrogen (secondary N) is 1. The molecule has 0 fully saturated rings. The molecule has 0 aliphatic rings. The van der Waals surface area contributed by atoms with Crippen molar-refractivity contribution in [2.24, 2.45) is 0 Å². The first kappa shape index (κ1) is 12.3. The minimum absolute atomic E-state index is 0.136. The first-order valence-electron chi connectivity index (χ1n) is 6.45. The normalized spacial score (nSPS) is 10.7. The van der Waals surface area contributed by atoms with Gasteiger partial charge in [0.2, 0.25) is 0 Å². The number of anilines is 2. The smallest absolute Gasteiger partial charge is 0.290 e. The van der Waals surface area contributed by atoms with E-state index in [1.54, 1.807) is 24.7 Å². The van der Waals surface area contributed by atoms with Gasteiger partial charge < -0.3 is 5.32 Å². The molecule has 0 saturated carbocycles. The Hall–Kier alpha value is -2.69. The number of aryl methyl sites for hydroxylation is 1. The molecule has 5 heteroatoms. The topological polar surface area (TPSA) is 59.8 Å². The van der Waals surface area contributed by atoms with Gasteiger partial charge in [-0.1, -0.05) is 24.3 Å². The van der Waals surface area contributed by atoms with E-state index in [1.807, 2.05) is 31.2 Å². The molecule has 5 nitrogen and oxygen atoms in total. The maximum Gasteiger partial charge on any atom is 0.290 e. The molecule has 0 bridgehead atoms. The molecule has 0 spiro atoms. The van der Waals surface area contributed by atoms with E-state index in [0.29, 0.717) is 12.2 Å². The lowest BCUT2D eigenvalue weighted by Gasteiger charge is -2.09. The maximum atomic E-state index is 12.2. The van der Waals surface area contributed by atoms with E-state index in [1.165, 1.54) is 4.68 Å². The summed E-state index contributed by atoms with van der Waals surface area (Å²) >= 11 is 0. The second-order valence-corrected chi connectivity index (χ2v) is 4.40. The van der Waals surface area contributed by atoms with Crippen LogP contribution >= 0.6 is 0 Å². The van der Waals surface area contributed by atoms with E-state index in [-0.39, 0.29) is 5.56 Å². The molecule has 0 aliphatic heterocycles. The number of hydrogen-bond donors (Lipinski definition) is 1. The summed E-state index contributed by atoms with van der Waals surface area (Å²) in [5.41, 5.74) is 1.18. The largest absolute Gasteiger partial charge is 0.349 e. The summed E-state index contributed by atoms with van der Waals surface area (Å²) in [5, 5.41) is 9.22. The van der Waals surface area contributed by atoms with Crippen LogP contribution in [0.2, 0.25) is 0 Å². The highest BCUT2D eigenvalue weighted by molar-refractivity contribution is 5.94. The average molecular weight is 266 g/mol. The van der Waals surface area contributed by atoms with Gasteiger partial charge in [0.1, 0.15) is 5.69 Å². The first-order chi connectivity index (χ1) is 9.79. The monoisotopic (exact) mass is 266 g/mol. The number of pyridine rings is 1. The Kier molecular flexibility index (Phi) is 3.16. The molecule has 0 atom stereocenters. The number of benzene rings is 1. The molecule has 0 radical (unpaired) electrons. The molecular weight excluding hydrogens is 252 g/mol. The molecule has 1 aromatic carbocycles. The van der Waals surface area contributed by atoms with Crippen LogP contribution in [0.15, 0.2) is 53.7 Å². The molecule has 100 valence electrons. The first-order valence-corrected chi connectivity index (χ1v) is 6.45. The summed E-state index contributed by atoms with van der Waals surface area (Å²) in [5.74, 6) is 0. The van der Waals surface area contributed by atoms with Crippen molar-refractivity contribution in [1.29, 1.82) is 0 Å². The minimum atomic E-state index is -0.136. The van der Waals surface area contributed by atoms with Crippen LogP contribution < -0.4 is 10.9 Å². The number of hydrogen-bond acceptors (Lipinski definition) is 4.